The number of unbranched alkanes of at least 4 members (excludes halogenated alkanes) is 3. The Hall–Kier alpha value is -1.04. The molecule has 0 N–H and O–H groups in total. The van der Waals surface area contributed by atoms with E-state index in [2.05, 4.69) is 71.7 Å². The fourth-order valence-electron chi connectivity index (χ4n) is 3.42. The third kappa shape index (κ3) is 21.1. The minimum Gasteiger partial charge on any atom is -0.106 e. The van der Waals surface area contributed by atoms with Crippen molar-refractivity contribution in [1.82, 2.24) is 0 Å². The Kier molecular flexibility index (Phi) is 24.0. The van der Waals surface area contributed by atoms with Crippen LogP contribution in [0, 0.1) is 11.8 Å². The van der Waals surface area contributed by atoms with Crippen LogP contribution in [0.25, 0.3) is 0 Å². The Balaban J connectivity index is 0. The van der Waals surface area contributed by atoms with Gasteiger partial charge in [-0.2, -0.15) is 0 Å². The summed E-state index contributed by atoms with van der Waals surface area (Å²) >= 11 is 0. The zero-order valence-corrected chi connectivity index (χ0v) is 19.3. The highest BCUT2D eigenvalue weighted by atomic mass is 14.2. The molecule has 0 saturated heterocycles. The fourth-order valence-corrected chi connectivity index (χ4v) is 3.42. The molecule has 1 unspecified atom stereocenters. The average molecular weight is 375 g/mol. The van der Waals surface area contributed by atoms with Crippen LogP contribution in [0.2, 0.25) is 0 Å². The van der Waals surface area contributed by atoms with Crippen LogP contribution in [0.5, 0.6) is 0 Å². The number of rotatable bonds is 12. The van der Waals surface area contributed by atoms with Gasteiger partial charge in [0.2, 0.25) is 0 Å². The fraction of sp³-hybridized carbons (Fsp3) is 0.704. The maximum atomic E-state index is 4.02. The number of hydrogen-bond acceptors (Lipinski definition) is 0. The molecule has 0 heteroatoms. The summed E-state index contributed by atoms with van der Waals surface area (Å²) in [6.07, 6.45) is 26.8. The largest absolute Gasteiger partial charge is 0.106 e. The minimum absolute atomic E-state index is 0.808. The summed E-state index contributed by atoms with van der Waals surface area (Å²) in [7, 11) is 0. The van der Waals surface area contributed by atoms with Crippen LogP contribution in [0.4, 0.5) is 0 Å². The summed E-state index contributed by atoms with van der Waals surface area (Å²) in [5, 5.41) is 0. The van der Waals surface area contributed by atoms with Gasteiger partial charge in [0.1, 0.15) is 0 Å². The lowest BCUT2D eigenvalue weighted by atomic mass is 9.99. The van der Waals surface area contributed by atoms with Gasteiger partial charge in [-0.15, -0.1) is 13.2 Å². The summed E-state index contributed by atoms with van der Waals surface area (Å²) in [6.45, 7) is 18.9. The molecule has 158 valence electrons. The van der Waals surface area contributed by atoms with Crippen molar-refractivity contribution in [2.75, 3.05) is 0 Å². The van der Waals surface area contributed by atoms with Crippen LogP contribution in [0.1, 0.15) is 111 Å². The minimum atomic E-state index is 0.808. The molecule has 0 spiro atoms. The van der Waals surface area contributed by atoms with E-state index < -0.39 is 0 Å². The van der Waals surface area contributed by atoms with Crippen LogP contribution >= 0.6 is 0 Å². The van der Waals surface area contributed by atoms with E-state index in [0.29, 0.717) is 0 Å². The quantitative estimate of drug-likeness (QED) is 0.235. The van der Waals surface area contributed by atoms with E-state index in [4.69, 9.17) is 0 Å². The highest BCUT2D eigenvalue weighted by Crippen LogP contribution is 2.26. The number of allylic oxidation sites excluding steroid dienone is 5. The molecule has 0 amide bonds. The molecule has 1 saturated carbocycles. The molecule has 1 fully saturated rings. The van der Waals surface area contributed by atoms with Crippen molar-refractivity contribution in [2.24, 2.45) is 11.8 Å². The molecule has 1 rings (SSSR count). The molecular weight excluding hydrogens is 324 g/mol. The van der Waals surface area contributed by atoms with Crippen molar-refractivity contribution in [2.45, 2.75) is 111 Å². The van der Waals surface area contributed by atoms with Gasteiger partial charge in [-0.3, -0.25) is 0 Å². The van der Waals surface area contributed by atoms with Gasteiger partial charge in [-0.25, -0.2) is 0 Å². The van der Waals surface area contributed by atoms with Gasteiger partial charge < -0.3 is 0 Å². The number of hydrogen-bond donors (Lipinski definition) is 0. The van der Waals surface area contributed by atoms with E-state index in [-0.39, 0.29) is 0 Å². The first-order chi connectivity index (χ1) is 13.1. The second-order valence-corrected chi connectivity index (χ2v) is 7.86. The average Bonchev–Trinajstić information content (AvgIpc) is 3.20. The van der Waals surface area contributed by atoms with E-state index in [1.54, 1.807) is 0 Å². The predicted molar refractivity (Wildman–Crippen MR) is 128 cm³/mol. The zero-order chi connectivity index (χ0) is 20.8. The van der Waals surface area contributed by atoms with Crippen LogP contribution in [-0.2, 0) is 0 Å². The molecular formula is C27H50. The first-order valence-corrected chi connectivity index (χ1v) is 11.6. The lowest BCUT2D eigenvalue weighted by Gasteiger charge is -2.07. The highest BCUT2D eigenvalue weighted by molar-refractivity contribution is 4.94. The van der Waals surface area contributed by atoms with Gasteiger partial charge in [0, 0.05) is 0 Å². The van der Waals surface area contributed by atoms with Crippen LogP contribution in [0.15, 0.2) is 49.6 Å². The van der Waals surface area contributed by atoms with Crippen molar-refractivity contribution in [3.63, 3.8) is 0 Å². The van der Waals surface area contributed by atoms with Gasteiger partial charge in [0.05, 0.1) is 0 Å². The van der Waals surface area contributed by atoms with E-state index >= 15 is 0 Å². The Bertz CT molecular complexity index is 354. The van der Waals surface area contributed by atoms with Crippen molar-refractivity contribution >= 4 is 0 Å². The van der Waals surface area contributed by atoms with E-state index in [1.165, 1.54) is 89.0 Å². The summed E-state index contributed by atoms with van der Waals surface area (Å²) in [5.41, 5.74) is 1.41. The third-order valence-corrected chi connectivity index (χ3v) is 5.12. The topological polar surface area (TPSA) is 0 Å². The van der Waals surface area contributed by atoms with E-state index in [0.717, 1.165) is 11.8 Å². The maximum absolute atomic E-state index is 4.02. The molecule has 0 aliphatic heterocycles. The van der Waals surface area contributed by atoms with Crippen LogP contribution in [0.3, 0.4) is 0 Å². The van der Waals surface area contributed by atoms with E-state index in [9.17, 15) is 0 Å². The Labute approximate surface area is 172 Å². The first-order valence-electron chi connectivity index (χ1n) is 11.6. The molecule has 0 nitrogen and oxygen atoms in total. The van der Waals surface area contributed by atoms with Gasteiger partial charge in [0.15, 0.2) is 0 Å². The van der Waals surface area contributed by atoms with Crippen molar-refractivity contribution in [3.05, 3.63) is 49.6 Å². The van der Waals surface area contributed by atoms with Gasteiger partial charge in [0.25, 0.3) is 0 Å². The van der Waals surface area contributed by atoms with Gasteiger partial charge in [-0.05, 0) is 63.7 Å². The predicted octanol–water partition coefficient (Wildman–Crippen LogP) is 9.84. The molecule has 0 bridgehead atoms. The smallest absolute Gasteiger partial charge is 0.0233 e. The van der Waals surface area contributed by atoms with E-state index in [1.807, 2.05) is 0 Å². The molecule has 0 aromatic heterocycles. The molecule has 0 aromatic carbocycles. The standard InChI is InChI=1S/C14H26.C11H20.C2H4/c1-3-4-5-8-13(2)11-12-14-9-6-7-10-14;1-4-6-7-8-10-11(3)9-5-2;1-2/h11-14H,3-10H2,1-2H3;4,6H,3,5,7-10H2,1-2H3;1-2H2/b12-11+;6-4-;. The van der Waals surface area contributed by atoms with Gasteiger partial charge in [-0.1, -0.05) is 95.8 Å². The highest BCUT2D eigenvalue weighted by Gasteiger charge is 2.11. The molecule has 1 aliphatic rings. The Morgan fingerprint density at radius 3 is 2.22 bits per heavy atom. The Morgan fingerprint density at radius 1 is 1.00 bits per heavy atom. The third-order valence-electron chi connectivity index (χ3n) is 5.12. The second kappa shape index (κ2) is 23.0. The summed E-state index contributed by atoms with van der Waals surface area (Å²) in [6, 6.07) is 0. The molecule has 1 aliphatic carbocycles. The summed E-state index contributed by atoms with van der Waals surface area (Å²) in [5.74, 6) is 1.73. The normalized spacial score (nSPS) is 15.3. The van der Waals surface area contributed by atoms with Crippen molar-refractivity contribution < 1.29 is 0 Å². The molecule has 1 atom stereocenters. The molecule has 0 radical (unpaired) electrons. The van der Waals surface area contributed by atoms with Crippen molar-refractivity contribution in [1.29, 1.82) is 0 Å². The lowest BCUT2D eigenvalue weighted by molar-refractivity contribution is 0.569. The summed E-state index contributed by atoms with van der Waals surface area (Å²) in [4.78, 5) is 0. The van der Waals surface area contributed by atoms with Crippen LogP contribution < -0.4 is 0 Å². The molecule has 27 heavy (non-hydrogen) atoms. The maximum Gasteiger partial charge on any atom is -0.0233 e. The second-order valence-electron chi connectivity index (χ2n) is 7.86. The molecule has 0 aromatic rings. The summed E-state index contributed by atoms with van der Waals surface area (Å²) < 4.78 is 0. The zero-order valence-electron chi connectivity index (χ0n) is 19.3. The van der Waals surface area contributed by atoms with Gasteiger partial charge >= 0.3 is 0 Å². The Morgan fingerprint density at radius 2 is 1.67 bits per heavy atom. The van der Waals surface area contributed by atoms with Crippen molar-refractivity contribution in [3.8, 4) is 0 Å². The molecule has 0 heterocycles. The monoisotopic (exact) mass is 374 g/mol. The first kappa shape index (κ1) is 28.2. The lowest BCUT2D eigenvalue weighted by Crippen LogP contribution is -1.92. The SMILES string of the molecule is C=C.C=C(CCC)CCC/C=C\C.CCCCCC(C)/C=C/C1CCCC1. The van der Waals surface area contributed by atoms with Crippen LogP contribution in [-0.4, -0.2) is 0 Å².